The van der Waals surface area contributed by atoms with E-state index in [1.165, 1.54) is 0 Å². The van der Waals surface area contributed by atoms with Crippen LogP contribution in [-0.2, 0) is 4.79 Å². The summed E-state index contributed by atoms with van der Waals surface area (Å²) in [6, 6.07) is 0. The maximum atomic E-state index is 11.5. The van der Waals surface area contributed by atoms with Crippen molar-refractivity contribution in [3.63, 3.8) is 0 Å². The molecule has 0 spiro atoms. The van der Waals surface area contributed by atoms with Crippen LogP contribution in [0.2, 0.25) is 0 Å². The topological polar surface area (TPSA) is 40.5 Å². The highest BCUT2D eigenvalue weighted by molar-refractivity contribution is 5.83. The van der Waals surface area contributed by atoms with Gasteiger partial charge in [0.25, 0.3) is 0 Å². The maximum absolute atomic E-state index is 11.5. The molecular formula is C13H23NO2. The molecule has 92 valence electrons. The smallest absolute Gasteiger partial charge is 0.137 e. The van der Waals surface area contributed by atoms with Crippen molar-refractivity contribution in [2.24, 2.45) is 5.92 Å². The fraction of sp³-hybridized carbons (Fsp3) is 0.923. The highest BCUT2D eigenvalue weighted by atomic mass is 16.3. The maximum Gasteiger partial charge on any atom is 0.137 e. The third-order valence-electron chi connectivity index (χ3n) is 4.06. The van der Waals surface area contributed by atoms with E-state index >= 15 is 0 Å². The minimum atomic E-state index is -0.476. The first-order chi connectivity index (χ1) is 7.59. The normalized spacial score (nSPS) is 29.2. The fourth-order valence-corrected chi connectivity index (χ4v) is 3.22. The molecule has 2 saturated carbocycles. The molecule has 0 saturated heterocycles. The van der Waals surface area contributed by atoms with E-state index in [4.69, 9.17) is 0 Å². The quantitative estimate of drug-likeness (QED) is 0.790. The molecule has 2 aliphatic carbocycles. The van der Waals surface area contributed by atoms with Gasteiger partial charge in [0.05, 0.1) is 5.60 Å². The van der Waals surface area contributed by atoms with Crippen LogP contribution < -0.4 is 0 Å². The SMILES string of the molecule is CN(CC1CCCC1=O)CC1(O)CCCC1. The van der Waals surface area contributed by atoms with E-state index in [-0.39, 0.29) is 5.92 Å². The lowest BCUT2D eigenvalue weighted by Gasteiger charge is -2.29. The summed E-state index contributed by atoms with van der Waals surface area (Å²) >= 11 is 0. The van der Waals surface area contributed by atoms with Gasteiger partial charge >= 0.3 is 0 Å². The summed E-state index contributed by atoms with van der Waals surface area (Å²) < 4.78 is 0. The molecule has 0 aromatic heterocycles. The minimum absolute atomic E-state index is 0.231. The molecule has 16 heavy (non-hydrogen) atoms. The number of rotatable bonds is 4. The Bertz CT molecular complexity index is 259. The van der Waals surface area contributed by atoms with E-state index in [1.54, 1.807) is 0 Å². The van der Waals surface area contributed by atoms with Crippen LogP contribution in [0.15, 0.2) is 0 Å². The average molecular weight is 225 g/mol. The summed E-state index contributed by atoms with van der Waals surface area (Å²) in [5, 5.41) is 10.3. The number of ketones is 1. The standard InChI is InChI=1S/C13H23NO2/c1-14(9-11-5-4-6-12(11)15)10-13(16)7-2-3-8-13/h11,16H,2-10H2,1H3. The number of carbonyl (C=O) groups is 1. The Morgan fingerprint density at radius 2 is 2.06 bits per heavy atom. The van der Waals surface area contributed by atoms with Crippen LogP contribution in [0, 0.1) is 5.92 Å². The molecule has 0 aliphatic heterocycles. The van der Waals surface area contributed by atoms with Crippen molar-refractivity contribution in [1.82, 2.24) is 4.90 Å². The Balaban J connectivity index is 1.79. The largest absolute Gasteiger partial charge is 0.389 e. The van der Waals surface area contributed by atoms with E-state index < -0.39 is 5.60 Å². The van der Waals surface area contributed by atoms with Gasteiger partial charge in [0.15, 0.2) is 0 Å². The van der Waals surface area contributed by atoms with Crippen molar-refractivity contribution in [2.45, 2.75) is 50.5 Å². The number of carbonyl (C=O) groups excluding carboxylic acids is 1. The molecule has 0 aromatic carbocycles. The predicted octanol–water partition coefficient (Wildman–Crippen LogP) is 1.59. The number of likely N-dealkylation sites (N-methyl/N-ethyl adjacent to an activating group) is 1. The zero-order valence-corrected chi connectivity index (χ0v) is 10.2. The van der Waals surface area contributed by atoms with E-state index in [0.29, 0.717) is 5.78 Å². The molecule has 1 atom stereocenters. The second-order valence-electron chi connectivity index (χ2n) is 5.68. The molecular weight excluding hydrogens is 202 g/mol. The number of aliphatic hydroxyl groups is 1. The summed E-state index contributed by atoms with van der Waals surface area (Å²) in [7, 11) is 2.03. The first-order valence-corrected chi connectivity index (χ1v) is 6.53. The lowest BCUT2D eigenvalue weighted by Crippen LogP contribution is -2.41. The van der Waals surface area contributed by atoms with Crippen molar-refractivity contribution >= 4 is 5.78 Å². The third-order valence-corrected chi connectivity index (χ3v) is 4.06. The van der Waals surface area contributed by atoms with Crippen LogP contribution in [0.4, 0.5) is 0 Å². The fourth-order valence-electron chi connectivity index (χ4n) is 3.22. The highest BCUT2D eigenvalue weighted by Gasteiger charge is 2.33. The van der Waals surface area contributed by atoms with E-state index in [2.05, 4.69) is 4.90 Å². The Hall–Kier alpha value is -0.410. The van der Waals surface area contributed by atoms with Gasteiger partial charge in [-0.1, -0.05) is 12.8 Å². The molecule has 1 N–H and O–H groups in total. The Morgan fingerprint density at radius 3 is 2.62 bits per heavy atom. The predicted molar refractivity (Wildman–Crippen MR) is 63.3 cm³/mol. The first kappa shape index (κ1) is 12.1. The molecule has 2 rings (SSSR count). The number of hydrogen-bond acceptors (Lipinski definition) is 3. The third kappa shape index (κ3) is 2.83. The lowest BCUT2D eigenvalue weighted by molar-refractivity contribution is -0.121. The second kappa shape index (κ2) is 4.84. The molecule has 0 bridgehead atoms. The zero-order chi connectivity index (χ0) is 11.6. The summed E-state index contributed by atoms with van der Waals surface area (Å²) in [6.45, 7) is 1.57. The number of hydrogen-bond donors (Lipinski definition) is 1. The average Bonchev–Trinajstić information content (AvgIpc) is 2.77. The van der Waals surface area contributed by atoms with Crippen molar-refractivity contribution in [2.75, 3.05) is 20.1 Å². The lowest BCUT2D eigenvalue weighted by atomic mass is 10.0. The van der Waals surface area contributed by atoms with Gasteiger partial charge in [0.1, 0.15) is 5.78 Å². The van der Waals surface area contributed by atoms with E-state index in [1.807, 2.05) is 7.05 Å². The molecule has 0 heterocycles. The summed E-state index contributed by atoms with van der Waals surface area (Å²) in [5.74, 6) is 0.653. The summed E-state index contributed by atoms with van der Waals surface area (Å²) in [5.41, 5.74) is -0.476. The minimum Gasteiger partial charge on any atom is -0.389 e. The van der Waals surface area contributed by atoms with Crippen LogP contribution in [0.1, 0.15) is 44.9 Å². The molecule has 0 radical (unpaired) electrons. The molecule has 2 fully saturated rings. The van der Waals surface area contributed by atoms with Gasteiger partial charge in [-0.25, -0.2) is 0 Å². The van der Waals surface area contributed by atoms with Crippen molar-refractivity contribution < 1.29 is 9.90 Å². The van der Waals surface area contributed by atoms with Gasteiger partial charge < -0.3 is 10.0 Å². The van der Waals surface area contributed by atoms with Crippen LogP contribution in [0.3, 0.4) is 0 Å². The van der Waals surface area contributed by atoms with Crippen molar-refractivity contribution in [3.05, 3.63) is 0 Å². The van der Waals surface area contributed by atoms with Gasteiger partial charge in [0, 0.05) is 25.4 Å². The van der Waals surface area contributed by atoms with Crippen molar-refractivity contribution in [1.29, 1.82) is 0 Å². The summed E-state index contributed by atoms with van der Waals surface area (Å²) in [4.78, 5) is 13.7. The highest BCUT2D eigenvalue weighted by Crippen LogP contribution is 2.30. The van der Waals surface area contributed by atoms with Crippen LogP contribution >= 0.6 is 0 Å². The van der Waals surface area contributed by atoms with Crippen LogP contribution in [0.5, 0.6) is 0 Å². The second-order valence-corrected chi connectivity index (χ2v) is 5.68. The van der Waals surface area contributed by atoms with Gasteiger partial charge in [-0.3, -0.25) is 4.79 Å². The molecule has 3 heteroatoms. The monoisotopic (exact) mass is 225 g/mol. The van der Waals surface area contributed by atoms with Gasteiger partial charge in [0.2, 0.25) is 0 Å². The summed E-state index contributed by atoms with van der Waals surface area (Å²) in [6.07, 6.45) is 7.01. The van der Waals surface area contributed by atoms with Gasteiger partial charge in [-0.05, 0) is 32.7 Å². The Labute approximate surface area is 97.8 Å². The van der Waals surface area contributed by atoms with Crippen LogP contribution in [-0.4, -0.2) is 41.5 Å². The Kier molecular flexibility index (Phi) is 3.65. The van der Waals surface area contributed by atoms with Crippen molar-refractivity contribution in [3.8, 4) is 0 Å². The molecule has 0 aromatic rings. The number of nitrogens with zero attached hydrogens (tertiary/aromatic N) is 1. The van der Waals surface area contributed by atoms with E-state index in [0.717, 1.165) is 58.0 Å². The molecule has 1 unspecified atom stereocenters. The van der Waals surface area contributed by atoms with E-state index in [9.17, 15) is 9.90 Å². The van der Waals surface area contributed by atoms with Crippen LogP contribution in [0.25, 0.3) is 0 Å². The number of Topliss-reactive ketones (excluding diaryl/α,β-unsaturated/α-hetero) is 1. The zero-order valence-electron chi connectivity index (χ0n) is 10.2. The molecule has 0 amide bonds. The Morgan fingerprint density at radius 1 is 1.38 bits per heavy atom. The van der Waals surface area contributed by atoms with Gasteiger partial charge in [-0.2, -0.15) is 0 Å². The first-order valence-electron chi connectivity index (χ1n) is 6.53. The molecule has 2 aliphatic rings. The van der Waals surface area contributed by atoms with Gasteiger partial charge in [-0.15, -0.1) is 0 Å². The molecule has 3 nitrogen and oxygen atoms in total.